The van der Waals surface area contributed by atoms with E-state index in [0.29, 0.717) is 17.2 Å². The zero-order chi connectivity index (χ0) is 21.5. The predicted molar refractivity (Wildman–Crippen MR) is 115 cm³/mol. The topological polar surface area (TPSA) is 82.5 Å². The summed E-state index contributed by atoms with van der Waals surface area (Å²) < 4.78 is 12.1. The molecule has 2 aromatic carbocycles. The predicted octanol–water partition coefficient (Wildman–Crippen LogP) is 2.73. The summed E-state index contributed by atoms with van der Waals surface area (Å²) in [5, 5.41) is 7.15. The van der Waals surface area contributed by atoms with Crippen molar-refractivity contribution in [1.82, 2.24) is 15.1 Å². The van der Waals surface area contributed by atoms with Gasteiger partial charge in [-0.05, 0) is 43.7 Å². The molecule has 0 aliphatic carbocycles. The van der Waals surface area contributed by atoms with E-state index in [2.05, 4.69) is 10.4 Å². The Bertz CT molecular complexity index is 1090. The molecule has 0 unspecified atom stereocenters. The second-order valence-corrected chi connectivity index (χ2v) is 6.92. The van der Waals surface area contributed by atoms with Gasteiger partial charge in [-0.2, -0.15) is 5.10 Å². The summed E-state index contributed by atoms with van der Waals surface area (Å²) in [6, 6.07) is 16.4. The molecule has 1 heterocycles. The lowest BCUT2D eigenvalue weighted by Gasteiger charge is -2.11. The molecule has 0 fully saturated rings. The summed E-state index contributed by atoms with van der Waals surface area (Å²) in [6.45, 7) is 4.38. The number of nitrogens with one attached hydrogen (secondary N) is 1. The number of nitrogens with zero attached hydrogens (tertiary/aromatic N) is 2. The van der Waals surface area contributed by atoms with Crippen molar-refractivity contribution in [3.63, 3.8) is 0 Å². The van der Waals surface area contributed by atoms with Crippen LogP contribution in [0.2, 0.25) is 0 Å². The van der Waals surface area contributed by atoms with E-state index in [0.717, 1.165) is 16.7 Å². The molecule has 1 aromatic heterocycles. The first-order valence-electron chi connectivity index (χ1n) is 9.65. The molecule has 0 spiro atoms. The van der Waals surface area contributed by atoms with E-state index in [1.807, 2.05) is 56.3 Å². The number of aromatic nitrogens is 2. The number of hydrogen-bond acceptors (Lipinski definition) is 5. The van der Waals surface area contributed by atoms with Crippen molar-refractivity contribution in [2.75, 3.05) is 20.3 Å². The Kier molecular flexibility index (Phi) is 6.85. The summed E-state index contributed by atoms with van der Waals surface area (Å²) >= 11 is 0. The zero-order valence-corrected chi connectivity index (χ0v) is 17.3. The first kappa shape index (κ1) is 21.1. The van der Waals surface area contributed by atoms with Crippen molar-refractivity contribution in [3.05, 3.63) is 76.1 Å². The van der Waals surface area contributed by atoms with Gasteiger partial charge in [0.2, 0.25) is 0 Å². The van der Waals surface area contributed by atoms with Gasteiger partial charge >= 0.3 is 0 Å². The second kappa shape index (κ2) is 9.73. The molecule has 0 radical (unpaired) electrons. The number of rotatable bonds is 8. The van der Waals surface area contributed by atoms with Crippen LogP contribution in [0.5, 0.6) is 11.5 Å². The van der Waals surface area contributed by atoms with Crippen LogP contribution in [0.1, 0.15) is 11.1 Å². The molecule has 0 saturated carbocycles. The number of benzene rings is 2. The highest BCUT2D eigenvalue weighted by atomic mass is 16.5. The minimum absolute atomic E-state index is 0.0872. The summed E-state index contributed by atoms with van der Waals surface area (Å²) in [4.78, 5) is 24.2. The molecule has 0 aliphatic rings. The summed E-state index contributed by atoms with van der Waals surface area (Å²) in [5.41, 5.74) is 3.38. The van der Waals surface area contributed by atoms with Crippen LogP contribution in [-0.4, -0.2) is 35.9 Å². The van der Waals surface area contributed by atoms with Gasteiger partial charge in [0.05, 0.1) is 19.3 Å². The fraction of sp³-hybridized carbons (Fsp3) is 0.261. The third kappa shape index (κ3) is 5.47. The highest BCUT2D eigenvalue weighted by Gasteiger charge is 2.07. The van der Waals surface area contributed by atoms with Gasteiger partial charge in [-0.3, -0.25) is 9.59 Å². The molecule has 1 N–H and O–H groups in total. The molecule has 0 atom stereocenters. The van der Waals surface area contributed by atoms with E-state index in [1.165, 1.54) is 10.7 Å². The molecular weight excluding hydrogens is 382 g/mol. The van der Waals surface area contributed by atoms with E-state index in [1.54, 1.807) is 13.2 Å². The van der Waals surface area contributed by atoms with Gasteiger partial charge < -0.3 is 14.8 Å². The normalized spacial score (nSPS) is 10.5. The van der Waals surface area contributed by atoms with E-state index in [-0.39, 0.29) is 31.2 Å². The van der Waals surface area contributed by atoms with Gasteiger partial charge in [0.1, 0.15) is 11.5 Å². The van der Waals surface area contributed by atoms with Gasteiger partial charge in [0, 0.05) is 18.2 Å². The quantitative estimate of drug-likeness (QED) is 0.621. The molecular formula is C23H25N3O4. The molecule has 7 nitrogen and oxygen atoms in total. The van der Waals surface area contributed by atoms with Crippen LogP contribution in [0.3, 0.4) is 0 Å². The van der Waals surface area contributed by atoms with Crippen LogP contribution >= 0.6 is 0 Å². The summed E-state index contributed by atoms with van der Waals surface area (Å²) in [6.07, 6.45) is 0. The number of methoxy groups -OCH3 is 1. The Labute approximate surface area is 175 Å². The smallest absolute Gasteiger partial charge is 0.266 e. The molecule has 0 saturated heterocycles. The van der Waals surface area contributed by atoms with Crippen LogP contribution in [-0.2, 0) is 11.3 Å². The molecule has 30 heavy (non-hydrogen) atoms. The number of ether oxygens (including phenoxy) is 2. The molecule has 7 heteroatoms. The Morgan fingerprint density at radius 3 is 2.70 bits per heavy atom. The SMILES string of the molecule is COc1cccc(-c2ccc(=O)n(CCNC(=O)COc3ccc(C)cc3C)n2)c1. The lowest BCUT2D eigenvalue weighted by Crippen LogP contribution is -2.34. The van der Waals surface area contributed by atoms with E-state index in [9.17, 15) is 9.59 Å². The number of carbonyl (C=O) groups is 1. The fourth-order valence-electron chi connectivity index (χ4n) is 3.00. The number of hydrogen-bond donors (Lipinski definition) is 1. The Balaban J connectivity index is 1.56. The largest absolute Gasteiger partial charge is 0.497 e. The molecule has 1 amide bonds. The van der Waals surface area contributed by atoms with Gasteiger partial charge in [0.15, 0.2) is 6.61 Å². The van der Waals surface area contributed by atoms with Crippen LogP contribution < -0.4 is 20.3 Å². The Hall–Kier alpha value is -3.61. The third-order valence-electron chi connectivity index (χ3n) is 4.57. The standard InChI is InChI=1S/C23H25N3O4/c1-16-7-9-21(17(2)13-16)30-15-22(27)24-11-12-26-23(28)10-8-20(25-26)18-5-4-6-19(14-18)29-3/h4-10,13-14H,11-12,15H2,1-3H3,(H,24,27). The van der Waals surface area contributed by atoms with Crippen LogP contribution in [0.15, 0.2) is 59.4 Å². The van der Waals surface area contributed by atoms with E-state index < -0.39 is 0 Å². The van der Waals surface area contributed by atoms with Crippen molar-refractivity contribution >= 4 is 5.91 Å². The van der Waals surface area contributed by atoms with Gasteiger partial charge in [0.25, 0.3) is 11.5 Å². The minimum atomic E-state index is -0.257. The molecule has 156 valence electrons. The van der Waals surface area contributed by atoms with E-state index in [4.69, 9.17) is 9.47 Å². The zero-order valence-electron chi connectivity index (χ0n) is 17.3. The van der Waals surface area contributed by atoms with Gasteiger partial charge in [-0.15, -0.1) is 0 Å². The Morgan fingerprint density at radius 1 is 1.10 bits per heavy atom. The lowest BCUT2D eigenvalue weighted by molar-refractivity contribution is -0.123. The highest BCUT2D eigenvalue weighted by molar-refractivity contribution is 5.77. The number of amides is 1. The average molecular weight is 407 g/mol. The number of aryl methyl sites for hydroxylation is 2. The van der Waals surface area contributed by atoms with Crippen LogP contribution in [0.25, 0.3) is 11.3 Å². The van der Waals surface area contributed by atoms with Crippen LogP contribution in [0.4, 0.5) is 0 Å². The maximum atomic E-state index is 12.1. The fourth-order valence-corrected chi connectivity index (χ4v) is 3.00. The highest BCUT2D eigenvalue weighted by Crippen LogP contribution is 2.21. The summed E-state index contributed by atoms with van der Waals surface area (Å²) in [7, 11) is 1.60. The lowest BCUT2D eigenvalue weighted by atomic mass is 10.1. The first-order valence-corrected chi connectivity index (χ1v) is 9.65. The van der Waals surface area contributed by atoms with Crippen LogP contribution in [0, 0.1) is 13.8 Å². The summed E-state index contributed by atoms with van der Waals surface area (Å²) in [5.74, 6) is 1.13. The number of carbonyl (C=O) groups excluding carboxylic acids is 1. The molecule has 0 bridgehead atoms. The van der Waals surface area contributed by atoms with Crippen molar-refractivity contribution < 1.29 is 14.3 Å². The maximum absolute atomic E-state index is 12.1. The minimum Gasteiger partial charge on any atom is -0.497 e. The molecule has 3 rings (SSSR count). The van der Waals surface area contributed by atoms with Crippen molar-refractivity contribution in [1.29, 1.82) is 0 Å². The average Bonchev–Trinajstić information content (AvgIpc) is 2.74. The van der Waals surface area contributed by atoms with Gasteiger partial charge in [-0.25, -0.2) is 4.68 Å². The van der Waals surface area contributed by atoms with Crippen molar-refractivity contribution in [3.8, 4) is 22.8 Å². The maximum Gasteiger partial charge on any atom is 0.266 e. The van der Waals surface area contributed by atoms with Crippen molar-refractivity contribution in [2.45, 2.75) is 20.4 Å². The molecule has 0 aliphatic heterocycles. The second-order valence-electron chi connectivity index (χ2n) is 6.92. The van der Waals surface area contributed by atoms with Gasteiger partial charge in [-0.1, -0.05) is 29.8 Å². The molecule has 3 aromatic rings. The Morgan fingerprint density at radius 2 is 1.93 bits per heavy atom. The monoisotopic (exact) mass is 407 g/mol. The van der Waals surface area contributed by atoms with Crippen molar-refractivity contribution in [2.24, 2.45) is 0 Å². The van der Waals surface area contributed by atoms with E-state index >= 15 is 0 Å². The first-order chi connectivity index (χ1) is 14.5. The third-order valence-corrected chi connectivity index (χ3v) is 4.57.